The molecule has 0 amide bonds. The van der Waals surface area contributed by atoms with Crippen LogP contribution in [0.3, 0.4) is 0 Å². The number of anilines is 2. The zero-order chi connectivity index (χ0) is 13.1. The van der Waals surface area contributed by atoms with Crippen molar-refractivity contribution >= 4 is 11.5 Å². The molecule has 0 fully saturated rings. The van der Waals surface area contributed by atoms with Crippen LogP contribution in [0.5, 0.6) is 0 Å². The maximum absolute atomic E-state index is 5.69. The molecule has 0 saturated carbocycles. The van der Waals surface area contributed by atoms with E-state index in [-0.39, 0.29) is 0 Å². The first-order valence-electron chi connectivity index (χ1n) is 6.08. The Bertz CT molecular complexity index is 562. The van der Waals surface area contributed by atoms with Crippen molar-refractivity contribution < 1.29 is 0 Å². The molecule has 2 aromatic rings. The standard InChI is InChI=1S/C15H19N3/c1-10-4-5-11(2)13(6-10)8-17-15-12(3)7-14(16)9-18-15/h4-7,9H,8,16H2,1-3H3,(H,17,18). The fraction of sp³-hybridized carbons (Fsp3) is 0.267. The highest BCUT2D eigenvalue weighted by Gasteiger charge is 2.02. The monoisotopic (exact) mass is 241 g/mol. The van der Waals surface area contributed by atoms with Gasteiger partial charge in [-0.15, -0.1) is 0 Å². The molecule has 3 N–H and O–H groups in total. The van der Waals surface area contributed by atoms with Crippen LogP contribution in [0.25, 0.3) is 0 Å². The molecule has 1 aromatic heterocycles. The molecular weight excluding hydrogens is 222 g/mol. The van der Waals surface area contributed by atoms with Crippen molar-refractivity contribution in [1.29, 1.82) is 0 Å². The molecule has 0 bridgehead atoms. The van der Waals surface area contributed by atoms with Gasteiger partial charge in [0.1, 0.15) is 5.82 Å². The number of benzene rings is 1. The van der Waals surface area contributed by atoms with Gasteiger partial charge in [-0.05, 0) is 43.5 Å². The molecule has 0 aliphatic rings. The number of nitrogen functional groups attached to an aromatic ring is 1. The number of hydrogen-bond donors (Lipinski definition) is 2. The van der Waals surface area contributed by atoms with Crippen molar-refractivity contribution in [3.8, 4) is 0 Å². The summed E-state index contributed by atoms with van der Waals surface area (Å²) in [6.45, 7) is 7.02. The van der Waals surface area contributed by atoms with Crippen LogP contribution >= 0.6 is 0 Å². The Kier molecular flexibility index (Phi) is 3.51. The summed E-state index contributed by atoms with van der Waals surface area (Å²) in [5, 5.41) is 3.36. The predicted molar refractivity (Wildman–Crippen MR) is 76.6 cm³/mol. The van der Waals surface area contributed by atoms with Gasteiger partial charge in [-0.25, -0.2) is 4.98 Å². The van der Waals surface area contributed by atoms with Gasteiger partial charge in [0.05, 0.1) is 11.9 Å². The molecule has 1 aromatic carbocycles. The lowest BCUT2D eigenvalue weighted by Crippen LogP contribution is -2.05. The van der Waals surface area contributed by atoms with Gasteiger partial charge in [0.15, 0.2) is 0 Å². The van der Waals surface area contributed by atoms with E-state index in [1.807, 2.05) is 13.0 Å². The summed E-state index contributed by atoms with van der Waals surface area (Å²) in [6, 6.07) is 8.41. The molecule has 3 heteroatoms. The van der Waals surface area contributed by atoms with E-state index in [0.29, 0.717) is 5.69 Å². The van der Waals surface area contributed by atoms with Gasteiger partial charge in [-0.2, -0.15) is 0 Å². The second-order valence-electron chi connectivity index (χ2n) is 4.72. The van der Waals surface area contributed by atoms with Crippen LogP contribution in [0.1, 0.15) is 22.3 Å². The lowest BCUT2D eigenvalue weighted by Gasteiger charge is -2.11. The normalized spacial score (nSPS) is 10.4. The van der Waals surface area contributed by atoms with Gasteiger partial charge in [-0.3, -0.25) is 0 Å². The first-order valence-corrected chi connectivity index (χ1v) is 6.08. The number of nitrogens with zero attached hydrogens (tertiary/aromatic N) is 1. The van der Waals surface area contributed by atoms with E-state index in [1.165, 1.54) is 16.7 Å². The third-order valence-electron chi connectivity index (χ3n) is 3.05. The highest BCUT2D eigenvalue weighted by molar-refractivity contribution is 5.51. The van der Waals surface area contributed by atoms with Crippen molar-refractivity contribution in [2.24, 2.45) is 0 Å². The third-order valence-corrected chi connectivity index (χ3v) is 3.05. The summed E-state index contributed by atoms with van der Waals surface area (Å²) >= 11 is 0. The van der Waals surface area contributed by atoms with Gasteiger partial charge < -0.3 is 11.1 Å². The van der Waals surface area contributed by atoms with Crippen LogP contribution in [0.2, 0.25) is 0 Å². The molecule has 0 saturated heterocycles. The summed E-state index contributed by atoms with van der Waals surface area (Å²) in [4.78, 5) is 4.31. The summed E-state index contributed by atoms with van der Waals surface area (Å²) in [5.41, 5.74) is 11.3. The molecule has 3 nitrogen and oxygen atoms in total. The number of pyridine rings is 1. The third kappa shape index (κ3) is 2.80. The molecular formula is C15H19N3. The lowest BCUT2D eigenvalue weighted by molar-refractivity contribution is 1.07. The van der Waals surface area contributed by atoms with E-state index in [1.54, 1.807) is 6.20 Å². The van der Waals surface area contributed by atoms with E-state index in [9.17, 15) is 0 Å². The minimum Gasteiger partial charge on any atom is -0.397 e. The first-order chi connectivity index (χ1) is 8.56. The van der Waals surface area contributed by atoms with Crippen molar-refractivity contribution in [3.63, 3.8) is 0 Å². The number of rotatable bonds is 3. The van der Waals surface area contributed by atoms with Crippen molar-refractivity contribution in [2.75, 3.05) is 11.1 Å². The summed E-state index contributed by atoms with van der Waals surface area (Å²) in [7, 11) is 0. The predicted octanol–water partition coefficient (Wildman–Crippen LogP) is 3.20. The minimum atomic E-state index is 0.699. The topological polar surface area (TPSA) is 50.9 Å². The van der Waals surface area contributed by atoms with Crippen LogP contribution in [0.15, 0.2) is 30.5 Å². The molecule has 0 spiro atoms. The van der Waals surface area contributed by atoms with Crippen LogP contribution in [0, 0.1) is 20.8 Å². The van der Waals surface area contributed by atoms with E-state index in [2.05, 4.69) is 42.3 Å². The van der Waals surface area contributed by atoms with E-state index >= 15 is 0 Å². The van der Waals surface area contributed by atoms with Crippen LogP contribution < -0.4 is 11.1 Å². The summed E-state index contributed by atoms with van der Waals surface area (Å²) < 4.78 is 0. The average Bonchev–Trinajstić information content (AvgIpc) is 2.32. The van der Waals surface area contributed by atoms with Crippen molar-refractivity contribution in [3.05, 3.63) is 52.7 Å². The number of aryl methyl sites for hydroxylation is 3. The highest BCUT2D eigenvalue weighted by atomic mass is 15.0. The first kappa shape index (κ1) is 12.4. The summed E-state index contributed by atoms with van der Waals surface area (Å²) in [5.74, 6) is 0.894. The number of aromatic nitrogens is 1. The fourth-order valence-corrected chi connectivity index (χ4v) is 1.95. The SMILES string of the molecule is Cc1ccc(C)c(CNc2ncc(N)cc2C)c1. The maximum Gasteiger partial charge on any atom is 0.129 e. The molecule has 18 heavy (non-hydrogen) atoms. The molecule has 0 atom stereocenters. The van der Waals surface area contributed by atoms with Crippen LogP contribution in [0.4, 0.5) is 11.5 Å². The Hall–Kier alpha value is -2.03. The van der Waals surface area contributed by atoms with Gasteiger partial charge in [0.2, 0.25) is 0 Å². The van der Waals surface area contributed by atoms with Gasteiger partial charge in [-0.1, -0.05) is 23.8 Å². The molecule has 0 aliphatic carbocycles. The van der Waals surface area contributed by atoms with Crippen molar-refractivity contribution in [1.82, 2.24) is 4.98 Å². The Labute approximate surface area is 108 Å². The number of hydrogen-bond acceptors (Lipinski definition) is 3. The van der Waals surface area contributed by atoms with E-state index in [0.717, 1.165) is 17.9 Å². The molecule has 0 radical (unpaired) electrons. The molecule has 0 unspecified atom stereocenters. The van der Waals surface area contributed by atoms with Crippen LogP contribution in [-0.2, 0) is 6.54 Å². The highest BCUT2D eigenvalue weighted by Crippen LogP contribution is 2.16. The second-order valence-corrected chi connectivity index (χ2v) is 4.72. The van der Waals surface area contributed by atoms with Gasteiger partial charge >= 0.3 is 0 Å². The maximum atomic E-state index is 5.69. The second kappa shape index (κ2) is 5.08. The average molecular weight is 241 g/mol. The zero-order valence-corrected chi connectivity index (χ0v) is 11.1. The molecule has 2 rings (SSSR count). The van der Waals surface area contributed by atoms with Gasteiger partial charge in [0, 0.05) is 6.54 Å². The Morgan fingerprint density at radius 1 is 1.11 bits per heavy atom. The minimum absolute atomic E-state index is 0.699. The molecule has 1 heterocycles. The molecule has 94 valence electrons. The molecule has 0 aliphatic heterocycles. The Morgan fingerprint density at radius 3 is 2.61 bits per heavy atom. The fourth-order valence-electron chi connectivity index (χ4n) is 1.95. The van der Waals surface area contributed by atoms with E-state index in [4.69, 9.17) is 5.73 Å². The number of nitrogens with two attached hydrogens (primary N) is 1. The largest absolute Gasteiger partial charge is 0.397 e. The quantitative estimate of drug-likeness (QED) is 0.867. The van der Waals surface area contributed by atoms with Crippen LogP contribution in [-0.4, -0.2) is 4.98 Å². The van der Waals surface area contributed by atoms with Gasteiger partial charge in [0.25, 0.3) is 0 Å². The van der Waals surface area contributed by atoms with E-state index < -0.39 is 0 Å². The lowest BCUT2D eigenvalue weighted by atomic mass is 10.1. The summed E-state index contributed by atoms with van der Waals surface area (Å²) in [6.07, 6.45) is 1.68. The zero-order valence-electron chi connectivity index (χ0n) is 11.1. The smallest absolute Gasteiger partial charge is 0.129 e. The number of nitrogens with one attached hydrogen (secondary N) is 1. The van der Waals surface area contributed by atoms with Crippen molar-refractivity contribution in [2.45, 2.75) is 27.3 Å². The Balaban J connectivity index is 2.13. The Morgan fingerprint density at radius 2 is 1.89 bits per heavy atom.